The van der Waals surface area contributed by atoms with Crippen molar-refractivity contribution in [3.63, 3.8) is 0 Å². The molecular formula is C18H22N2O2. The zero-order chi connectivity index (χ0) is 15.5. The summed E-state index contributed by atoms with van der Waals surface area (Å²) in [7, 11) is 2.09. The average Bonchev–Trinajstić information content (AvgIpc) is 2.80. The number of nitrogens with zero attached hydrogens (tertiary/aromatic N) is 2. The van der Waals surface area contributed by atoms with Gasteiger partial charge in [-0.05, 0) is 44.4 Å². The summed E-state index contributed by atoms with van der Waals surface area (Å²) in [6.07, 6.45) is 2.76. The van der Waals surface area contributed by atoms with Crippen LogP contribution in [0.5, 0.6) is 0 Å². The maximum absolute atomic E-state index is 11.9. The summed E-state index contributed by atoms with van der Waals surface area (Å²) in [5.41, 5.74) is 3.38. The van der Waals surface area contributed by atoms with Gasteiger partial charge in [-0.3, -0.25) is 9.69 Å². The third-order valence-corrected chi connectivity index (χ3v) is 5.88. The van der Waals surface area contributed by atoms with Crippen LogP contribution in [0.4, 0.5) is 0 Å². The van der Waals surface area contributed by atoms with E-state index in [1.165, 1.54) is 22.2 Å². The summed E-state index contributed by atoms with van der Waals surface area (Å²) in [4.78, 5) is 14.3. The standard InChI is InChI=1S/C18H22N2O2/c1-18-14(17(21)22)7-5-10-20(18)11-9-13-12-6-3-4-8-15(12)19(2)16(13)18/h3-4,6,8,14H,5,7,9-11H2,1-2H3,(H,21,22)/t14-,18+/m0/s1. The Balaban J connectivity index is 2.02. The predicted octanol–water partition coefficient (Wildman–Crippen LogP) is 2.75. The lowest BCUT2D eigenvalue weighted by molar-refractivity contribution is -0.152. The number of carboxylic acids is 1. The van der Waals surface area contributed by atoms with Gasteiger partial charge in [0.15, 0.2) is 0 Å². The van der Waals surface area contributed by atoms with Gasteiger partial charge in [0.05, 0.1) is 11.5 Å². The molecule has 0 amide bonds. The van der Waals surface area contributed by atoms with Gasteiger partial charge in [0.25, 0.3) is 0 Å². The van der Waals surface area contributed by atoms with Gasteiger partial charge in [-0.25, -0.2) is 0 Å². The van der Waals surface area contributed by atoms with Crippen LogP contribution < -0.4 is 0 Å². The largest absolute Gasteiger partial charge is 0.481 e. The van der Waals surface area contributed by atoms with Gasteiger partial charge in [0.1, 0.15) is 0 Å². The first-order valence-electron chi connectivity index (χ1n) is 8.09. The van der Waals surface area contributed by atoms with Gasteiger partial charge in [-0.1, -0.05) is 18.2 Å². The minimum absolute atomic E-state index is 0.330. The molecule has 2 aliphatic rings. The van der Waals surface area contributed by atoms with E-state index in [0.29, 0.717) is 0 Å². The van der Waals surface area contributed by atoms with E-state index in [1.54, 1.807) is 0 Å². The molecule has 22 heavy (non-hydrogen) atoms. The van der Waals surface area contributed by atoms with E-state index in [4.69, 9.17) is 0 Å². The SMILES string of the molecule is Cn1c2c(c3ccccc31)CCN1CCC[C@@H](C(=O)O)[C@]21C. The Hall–Kier alpha value is -1.81. The minimum atomic E-state index is -0.662. The van der Waals surface area contributed by atoms with Crippen LogP contribution >= 0.6 is 0 Å². The molecule has 1 saturated heterocycles. The summed E-state index contributed by atoms with van der Waals surface area (Å²) in [5, 5.41) is 11.1. The average molecular weight is 298 g/mol. The smallest absolute Gasteiger partial charge is 0.308 e. The fourth-order valence-corrected chi connectivity index (χ4v) is 4.86. The molecular weight excluding hydrogens is 276 g/mol. The highest BCUT2D eigenvalue weighted by atomic mass is 16.4. The van der Waals surface area contributed by atoms with Crippen LogP contribution in [-0.2, 0) is 23.8 Å². The minimum Gasteiger partial charge on any atom is -0.481 e. The van der Waals surface area contributed by atoms with Crippen LogP contribution in [-0.4, -0.2) is 33.6 Å². The first-order chi connectivity index (χ1) is 10.5. The molecule has 0 spiro atoms. The van der Waals surface area contributed by atoms with Gasteiger partial charge in [-0.2, -0.15) is 0 Å². The number of hydrogen-bond donors (Lipinski definition) is 1. The molecule has 1 aromatic heterocycles. The second-order valence-corrected chi connectivity index (χ2v) is 6.82. The van der Waals surface area contributed by atoms with Crippen molar-refractivity contribution in [3.05, 3.63) is 35.5 Å². The van der Waals surface area contributed by atoms with Crippen molar-refractivity contribution in [1.82, 2.24) is 9.47 Å². The van der Waals surface area contributed by atoms with Crippen molar-refractivity contribution in [3.8, 4) is 0 Å². The van der Waals surface area contributed by atoms with Gasteiger partial charge >= 0.3 is 5.97 Å². The quantitative estimate of drug-likeness (QED) is 0.880. The lowest BCUT2D eigenvalue weighted by Crippen LogP contribution is -2.58. The highest BCUT2D eigenvalue weighted by molar-refractivity contribution is 5.87. The molecule has 3 heterocycles. The van der Waals surface area contributed by atoms with Gasteiger partial charge in [0.2, 0.25) is 0 Å². The molecule has 0 bridgehead atoms. The molecule has 0 unspecified atom stereocenters. The number of hydrogen-bond acceptors (Lipinski definition) is 2. The fourth-order valence-electron chi connectivity index (χ4n) is 4.86. The molecule has 2 aromatic rings. The van der Waals surface area contributed by atoms with Gasteiger partial charge in [-0.15, -0.1) is 0 Å². The monoisotopic (exact) mass is 298 g/mol. The number of aryl methyl sites for hydroxylation is 1. The molecule has 2 atom stereocenters. The normalized spacial score (nSPS) is 28.4. The molecule has 116 valence electrons. The van der Waals surface area contributed by atoms with E-state index in [1.807, 2.05) is 0 Å². The highest BCUT2D eigenvalue weighted by Crippen LogP contribution is 2.48. The van der Waals surface area contributed by atoms with E-state index in [2.05, 4.69) is 47.7 Å². The first kappa shape index (κ1) is 13.8. The number of benzene rings is 1. The Bertz CT molecular complexity index is 764. The number of piperidine rings is 1. The fraction of sp³-hybridized carbons (Fsp3) is 0.500. The van der Waals surface area contributed by atoms with Crippen molar-refractivity contribution in [1.29, 1.82) is 0 Å². The van der Waals surface area contributed by atoms with Crippen LogP contribution in [0.2, 0.25) is 0 Å². The second-order valence-electron chi connectivity index (χ2n) is 6.82. The summed E-state index contributed by atoms with van der Waals surface area (Å²) < 4.78 is 2.23. The summed E-state index contributed by atoms with van der Waals surface area (Å²) >= 11 is 0. The molecule has 4 nitrogen and oxygen atoms in total. The van der Waals surface area contributed by atoms with E-state index in [0.717, 1.165) is 32.4 Å². The van der Waals surface area contributed by atoms with Crippen molar-refractivity contribution < 1.29 is 9.90 Å². The van der Waals surface area contributed by atoms with Gasteiger partial charge < -0.3 is 9.67 Å². The summed E-state index contributed by atoms with van der Waals surface area (Å²) in [5.74, 6) is -0.992. The Kier molecular flexibility index (Phi) is 2.89. The number of aromatic nitrogens is 1. The Morgan fingerprint density at radius 2 is 2.09 bits per heavy atom. The number of rotatable bonds is 1. The molecule has 4 rings (SSSR count). The van der Waals surface area contributed by atoms with Crippen LogP contribution in [0.25, 0.3) is 10.9 Å². The van der Waals surface area contributed by atoms with Crippen molar-refractivity contribution >= 4 is 16.9 Å². The Morgan fingerprint density at radius 1 is 1.32 bits per heavy atom. The van der Waals surface area contributed by atoms with Crippen molar-refractivity contribution in [2.45, 2.75) is 31.7 Å². The zero-order valence-electron chi connectivity index (χ0n) is 13.2. The molecule has 1 fully saturated rings. The van der Waals surface area contributed by atoms with Crippen molar-refractivity contribution in [2.75, 3.05) is 13.1 Å². The van der Waals surface area contributed by atoms with E-state index >= 15 is 0 Å². The molecule has 0 aliphatic carbocycles. The lowest BCUT2D eigenvalue weighted by Gasteiger charge is -2.51. The van der Waals surface area contributed by atoms with E-state index < -0.39 is 11.5 Å². The highest BCUT2D eigenvalue weighted by Gasteiger charge is 2.51. The lowest BCUT2D eigenvalue weighted by atomic mass is 9.72. The van der Waals surface area contributed by atoms with E-state index in [-0.39, 0.29) is 5.92 Å². The topological polar surface area (TPSA) is 45.5 Å². The molecule has 1 aromatic carbocycles. The molecule has 0 radical (unpaired) electrons. The van der Waals surface area contributed by atoms with Crippen LogP contribution in [0, 0.1) is 5.92 Å². The third kappa shape index (κ3) is 1.59. The molecule has 0 saturated carbocycles. The maximum Gasteiger partial charge on any atom is 0.308 e. The van der Waals surface area contributed by atoms with Crippen LogP contribution in [0.15, 0.2) is 24.3 Å². The Morgan fingerprint density at radius 3 is 2.86 bits per heavy atom. The second kappa shape index (κ2) is 4.59. The number of aliphatic carboxylic acids is 1. The number of carboxylic acid groups (broad SMARTS) is 1. The Labute approximate surface area is 130 Å². The molecule has 4 heteroatoms. The number of fused-ring (bicyclic) bond motifs is 5. The van der Waals surface area contributed by atoms with Crippen LogP contribution in [0.3, 0.4) is 0 Å². The third-order valence-electron chi connectivity index (χ3n) is 5.88. The first-order valence-corrected chi connectivity index (χ1v) is 8.09. The maximum atomic E-state index is 11.9. The number of para-hydroxylation sites is 1. The van der Waals surface area contributed by atoms with Crippen LogP contribution in [0.1, 0.15) is 31.0 Å². The summed E-state index contributed by atoms with van der Waals surface area (Å²) in [6, 6.07) is 8.45. The summed E-state index contributed by atoms with van der Waals surface area (Å²) in [6.45, 7) is 4.10. The predicted molar refractivity (Wildman–Crippen MR) is 85.9 cm³/mol. The molecule has 2 aliphatic heterocycles. The molecule has 1 N–H and O–H groups in total. The van der Waals surface area contributed by atoms with Gasteiger partial charge in [0, 0.05) is 30.2 Å². The number of carbonyl (C=O) groups is 1. The van der Waals surface area contributed by atoms with Crippen molar-refractivity contribution in [2.24, 2.45) is 13.0 Å². The zero-order valence-corrected chi connectivity index (χ0v) is 13.2. The van der Waals surface area contributed by atoms with E-state index in [9.17, 15) is 9.90 Å².